The number of aliphatic carboxylic acids is 1. The molecule has 2 atom stereocenters. The van der Waals surface area contributed by atoms with Crippen LogP contribution in [-0.4, -0.2) is 52.3 Å². The van der Waals surface area contributed by atoms with E-state index < -0.39 is 12.0 Å². The Morgan fingerprint density at radius 2 is 2.18 bits per heavy atom. The maximum atomic E-state index is 11.9. The highest BCUT2D eigenvalue weighted by molar-refractivity contribution is 5.82. The van der Waals surface area contributed by atoms with Gasteiger partial charge in [0.1, 0.15) is 6.04 Å². The Kier molecular flexibility index (Phi) is 5.21. The van der Waals surface area contributed by atoms with Crippen LogP contribution < -0.4 is 5.32 Å². The van der Waals surface area contributed by atoms with E-state index in [-0.39, 0.29) is 18.7 Å². The second kappa shape index (κ2) is 6.44. The van der Waals surface area contributed by atoms with E-state index in [1.54, 1.807) is 4.90 Å². The molecule has 0 spiro atoms. The minimum Gasteiger partial charge on any atom is -0.480 e. The average molecular weight is 244 g/mol. The molecule has 6 heteroatoms. The number of nitrogens with zero attached hydrogens (tertiary/aromatic N) is 1. The fourth-order valence-electron chi connectivity index (χ4n) is 2.05. The van der Waals surface area contributed by atoms with Crippen molar-refractivity contribution in [1.82, 2.24) is 10.2 Å². The zero-order valence-electron chi connectivity index (χ0n) is 10.1. The van der Waals surface area contributed by atoms with Gasteiger partial charge in [-0.1, -0.05) is 0 Å². The van der Waals surface area contributed by atoms with Gasteiger partial charge < -0.3 is 20.4 Å². The zero-order chi connectivity index (χ0) is 12.8. The number of aliphatic hydroxyl groups excluding tert-OH is 1. The summed E-state index contributed by atoms with van der Waals surface area (Å²) in [5.74, 6) is -1.05. The summed E-state index contributed by atoms with van der Waals surface area (Å²) in [4.78, 5) is 24.2. The van der Waals surface area contributed by atoms with Crippen molar-refractivity contribution < 1.29 is 19.8 Å². The van der Waals surface area contributed by atoms with Gasteiger partial charge in [-0.25, -0.2) is 4.79 Å². The Balaban J connectivity index is 2.55. The number of urea groups is 1. The number of carboxylic acid groups (broad SMARTS) is 1. The Bertz CT molecular complexity index is 281. The van der Waals surface area contributed by atoms with Crippen molar-refractivity contribution in [2.75, 3.05) is 13.2 Å². The summed E-state index contributed by atoms with van der Waals surface area (Å²) in [6.07, 6.45) is 3.39. The normalized spacial score (nSPS) is 22.0. The predicted molar refractivity (Wildman–Crippen MR) is 61.7 cm³/mol. The summed E-state index contributed by atoms with van der Waals surface area (Å²) in [7, 11) is 0. The van der Waals surface area contributed by atoms with Gasteiger partial charge in [0.25, 0.3) is 0 Å². The van der Waals surface area contributed by atoms with Crippen molar-refractivity contribution in [2.45, 2.75) is 44.7 Å². The fraction of sp³-hybridized carbons (Fsp3) is 0.818. The molecule has 1 rings (SSSR count). The van der Waals surface area contributed by atoms with Crippen LogP contribution in [0.4, 0.5) is 4.79 Å². The van der Waals surface area contributed by atoms with Gasteiger partial charge >= 0.3 is 12.0 Å². The molecule has 1 fully saturated rings. The number of piperidine rings is 1. The first-order valence-electron chi connectivity index (χ1n) is 5.97. The SMILES string of the molecule is CC(NC(=O)N1CCCCC1CCO)C(=O)O. The molecule has 3 N–H and O–H groups in total. The van der Waals surface area contributed by atoms with Crippen LogP contribution in [0.1, 0.15) is 32.6 Å². The number of nitrogens with one attached hydrogen (secondary N) is 1. The summed E-state index contributed by atoms with van der Waals surface area (Å²) in [6.45, 7) is 2.11. The molecule has 1 saturated heterocycles. The van der Waals surface area contributed by atoms with Crippen molar-refractivity contribution >= 4 is 12.0 Å². The lowest BCUT2D eigenvalue weighted by Crippen LogP contribution is -2.52. The second-order valence-electron chi connectivity index (χ2n) is 4.36. The molecule has 1 aliphatic heterocycles. The number of aliphatic hydroxyl groups is 1. The molecule has 0 aliphatic carbocycles. The van der Waals surface area contributed by atoms with Crippen LogP contribution >= 0.6 is 0 Å². The van der Waals surface area contributed by atoms with Gasteiger partial charge in [0, 0.05) is 19.2 Å². The number of carbonyl (C=O) groups excluding carboxylic acids is 1. The van der Waals surface area contributed by atoms with E-state index in [9.17, 15) is 9.59 Å². The summed E-state index contributed by atoms with van der Waals surface area (Å²) < 4.78 is 0. The number of carbonyl (C=O) groups is 2. The molecular weight excluding hydrogens is 224 g/mol. The van der Waals surface area contributed by atoms with E-state index in [0.717, 1.165) is 19.3 Å². The standard InChI is InChI=1S/C11H20N2O4/c1-8(10(15)16)12-11(17)13-6-3-2-4-9(13)5-7-14/h8-9,14H,2-7H2,1H3,(H,12,17)(H,15,16). The number of likely N-dealkylation sites (tertiary alicyclic amines) is 1. The van der Waals surface area contributed by atoms with Gasteiger partial charge in [0.05, 0.1) is 0 Å². The van der Waals surface area contributed by atoms with Crippen LogP contribution in [0.25, 0.3) is 0 Å². The third-order valence-electron chi connectivity index (χ3n) is 3.06. The van der Waals surface area contributed by atoms with Crippen molar-refractivity contribution in [3.63, 3.8) is 0 Å². The largest absolute Gasteiger partial charge is 0.480 e. The van der Waals surface area contributed by atoms with Crippen LogP contribution in [0.3, 0.4) is 0 Å². The van der Waals surface area contributed by atoms with E-state index in [1.807, 2.05) is 0 Å². The smallest absolute Gasteiger partial charge is 0.325 e. The first-order valence-corrected chi connectivity index (χ1v) is 5.97. The lowest BCUT2D eigenvalue weighted by molar-refractivity contribution is -0.138. The van der Waals surface area contributed by atoms with Gasteiger partial charge in [0.2, 0.25) is 0 Å². The minimum absolute atomic E-state index is 0.0229. The average Bonchev–Trinajstić information content (AvgIpc) is 2.29. The Morgan fingerprint density at radius 1 is 1.47 bits per heavy atom. The summed E-state index contributed by atoms with van der Waals surface area (Å²) >= 11 is 0. The van der Waals surface area contributed by atoms with Crippen LogP contribution in [-0.2, 0) is 4.79 Å². The number of hydrogen-bond acceptors (Lipinski definition) is 3. The molecule has 6 nitrogen and oxygen atoms in total. The van der Waals surface area contributed by atoms with Crippen LogP contribution in [0.15, 0.2) is 0 Å². The van der Waals surface area contributed by atoms with Crippen molar-refractivity contribution in [2.24, 2.45) is 0 Å². The maximum absolute atomic E-state index is 11.9. The van der Waals surface area contributed by atoms with Gasteiger partial charge in [-0.2, -0.15) is 0 Å². The summed E-state index contributed by atoms with van der Waals surface area (Å²) in [6, 6.07) is -1.22. The molecular formula is C11H20N2O4. The molecule has 0 aromatic carbocycles. The number of hydrogen-bond donors (Lipinski definition) is 3. The Morgan fingerprint density at radius 3 is 2.76 bits per heavy atom. The molecule has 1 heterocycles. The molecule has 0 radical (unpaired) electrons. The number of rotatable bonds is 4. The predicted octanol–water partition coefficient (Wildman–Crippen LogP) is 0.406. The van der Waals surface area contributed by atoms with Crippen LogP contribution in [0.5, 0.6) is 0 Å². The molecule has 0 aromatic heterocycles. The zero-order valence-corrected chi connectivity index (χ0v) is 10.1. The van der Waals surface area contributed by atoms with E-state index >= 15 is 0 Å². The third kappa shape index (κ3) is 3.89. The monoisotopic (exact) mass is 244 g/mol. The minimum atomic E-state index is -1.05. The van der Waals surface area contributed by atoms with E-state index in [1.165, 1.54) is 6.92 Å². The summed E-state index contributed by atoms with van der Waals surface area (Å²) in [5, 5.41) is 20.1. The van der Waals surface area contributed by atoms with Crippen molar-refractivity contribution in [3.8, 4) is 0 Å². The van der Waals surface area contributed by atoms with Gasteiger partial charge in [0.15, 0.2) is 0 Å². The fourth-order valence-corrected chi connectivity index (χ4v) is 2.05. The molecule has 2 unspecified atom stereocenters. The van der Waals surface area contributed by atoms with Gasteiger partial charge in [-0.3, -0.25) is 4.79 Å². The summed E-state index contributed by atoms with van der Waals surface area (Å²) in [5.41, 5.74) is 0. The number of carboxylic acids is 1. The van der Waals surface area contributed by atoms with E-state index in [0.29, 0.717) is 13.0 Å². The molecule has 0 aromatic rings. The topological polar surface area (TPSA) is 89.9 Å². The van der Waals surface area contributed by atoms with Crippen LogP contribution in [0, 0.1) is 0 Å². The third-order valence-corrected chi connectivity index (χ3v) is 3.06. The molecule has 0 saturated carbocycles. The first kappa shape index (κ1) is 13.8. The molecule has 17 heavy (non-hydrogen) atoms. The Hall–Kier alpha value is -1.30. The van der Waals surface area contributed by atoms with Gasteiger partial charge in [-0.15, -0.1) is 0 Å². The van der Waals surface area contributed by atoms with Crippen molar-refractivity contribution in [3.05, 3.63) is 0 Å². The van der Waals surface area contributed by atoms with Crippen molar-refractivity contribution in [1.29, 1.82) is 0 Å². The van der Waals surface area contributed by atoms with E-state index in [4.69, 9.17) is 10.2 Å². The molecule has 1 aliphatic rings. The maximum Gasteiger partial charge on any atom is 0.325 e. The highest BCUT2D eigenvalue weighted by Gasteiger charge is 2.27. The quantitative estimate of drug-likeness (QED) is 0.668. The lowest BCUT2D eigenvalue weighted by Gasteiger charge is -2.35. The van der Waals surface area contributed by atoms with E-state index in [2.05, 4.69) is 5.32 Å². The highest BCUT2D eigenvalue weighted by atomic mass is 16.4. The highest BCUT2D eigenvalue weighted by Crippen LogP contribution is 2.19. The second-order valence-corrected chi connectivity index (χ2v) is 4.36. The molecule has 98 valence electrons. The molecule has 0 bridgehead atoms. The number of amides is 2. The Labute approximate surface area is 101 Å². The van der Waals surface area contributed by atoms with Gasteiger partial charge in [-0.05, 0) is 32.6 Å². The lowest BCUT2D eigenvalue weighted by atomic mass is 10.00. The molecule has 2 amide bonds. The van der Waals surface area contributed by atoms with Crippen LogP contribution in [0.2, 0.25) is 0 Å². The first-order chi connectivity index (χ1) is 8.06.